The highest BCUT2D eigenvalue weighted by Gasteiger charge is 2.52. The molecule has 0 aromatic heterocycles. The zero-order valence-corrected chi connectivity index (χ0v) is 18.6. The van der Waals surface area contributed by atoms with E-state index < -0.39 is 18.3 Å². The molecule has 5 heteroatoms. The quantitative estimate of drug-likeness (QED) is 0.466. The smallest absolute Gasteiger partial charge is 0.467 e. The monoisotopic (exact) mass is 396 g/mol. The first-order valence-electron chi connectivity index (χ1n) is 10.5. The van der Waals surface area contributed by atoms with Gasteiger partial charge in [0.15, 0.2) is 6.79 Å². The van der Waals surface area contributed by atoms with E-state index in [-0.39, 0.29) is 6.79 Å². The summed E-state index contributed by atoms with van der Waals surface area (Å²) in [4.78, 5) is 0. The molecule has 0 atom stereocenters. The third kappa shape index (κ3) is 4.52. The minimum Gasteiger partial charge on any atom is -0.467 e. The first-order chi connectivity index (χ1) is 13.8. The molecule has 0 aliphatic carbocycles. The van der Waals surface area contributed by atoms with Gasteiger partial charge in [-0.25, -0.2) is 0 Å². The Balaban J connectivity index is 2.12. The molecule has 1 saturated heterocycles. The number of rotatable bonds is 8. The molecule has 3 rings (SSSR count). The molecule has 2 aromatic carbocycles. The van der Waals surface area contributed by atoms with Crippen LogP contribution in [0, 0.1) is 0 Å². The molecule has 1 heterocycles. The molecule has 1 aliphatic heterocycles. The second kappa shape index (κ2) is 8.91. The van der Waals surface area contributed by atoms with Crippen LogP contribution in [-0.4, -0.2) is 32.2 Å². The number of para-hydroxylation sites is 1. The van der Waals surface area contributed by atoms with Crippen LogP contribution >= 0.6 is 0 Å². The second-order valence-corrected chi connectivity index (χ2v) is 8.62. The van der Waals surface area contributed by atoms with Crippen LogP contribution in [-0.2, 0) is 20.5 Å². The fourth-order valence-corrected chi connectivity index (χ4v) is 3.61. The maximum absolute atomic E-state index is 6.47. The van der Waals surface area contributed by atoms with Gasteiger partial charge in [-0.15, -0.1) is 0 Å². The molecule has 0 amide bonds. The number of benzene rings is 2. The average molecular weight is 396 g/mol. The van der Waals surface area contributed by atoms with E-state index in [1.165, 1.54) is 5.56 Å². The first-order valence-corrected chi connectivity index (χ1v) is 10.5. The van der Waals surface area contributed by atoms with Gasteiger partial charge in [-0.2, -0.15) is 0 Å². The van der Waals surface area contributed by atoms with Crippen molar-refractivity contribution in [2.45, 2.75) is 65.1 Å². The third-order valence-corrected chi connectivity index (χ3v) is 5.99. The number of hydrogen-bond donors (Lipinski definition) is 0. The van der Waals surface area contributed by atoms with Gasteiger partial charge in [-0.3, -0.25) is 0 Å². The van der Waals surface area contributed by atoms with Crippen LogP contribution in [0.5, 0.6) is 5.75 Å². The molecule has 0 N–H and O–H groups in total. The normalized spacial score (nSPS) is 17.5. The lowest BCUT2D eigenvalue weighted by Crippen LogP contribution is -2.41. The molecule has 0 unspecified atom stereocenters. The predicted octanol–water partition coefficient (Wildman–Crippen LogP) is 4.98. The summed E-state index contributed by atoms with van der Waals surface area (Å²) in [6.07, 6.45) is 3.25. The zero-order chi connectivity index (χ0) is 21.1. The van der Waals surface area contributed by atoms with E-state index in [1.807, 2.05) is 18.2 Å². The van der Waals surface area contributed by atoms with Crippen molar-refractivity contribution in [1.82, 2.24) is 0 Å². The van der Waals surface area contributed by atoms with E-state index in [0.717, 1.165) is 41.6 Å². The minimum absolute atomic E-state index is 0.207. The summed E-state index contributed by atoms with van der Waals surface area (Å²) in [5.41, 5.74) is 3.70. The minimum atomic E-state index is -0.418. The number of aryl methyl sites for hydroxylation is 1. The largest absolute Gasteiger partial charge is 0.495 e. The van der Waals surface area contributed by atoms with Gasteiger partial charge in [0.2, 0.25) is 0 Å². The van der Waals surface area contributed by atoms with Crippen LogP contribution in [0.4, 0.5) is 0 Å². The lowest BCUT2D eigenvalue weighted by molar-refractivity contribution is 0.00578. The van der Waals surface area contributed by atoms with E-state index in [0.29, 0.717) is 0 Å². The van der Waals surface area contributed by atoms with Gasteiger partial charge >= 0.3 is 7.12 Å². The Hall–Kier alpha value is -1.82. The van der Waals surface area contributed by atoms with Crippen LogP contribution < -0.4 is 10.2 Å². The van der Waals surface area contributed by atoms with Crippen molar-refractivity contribution < 1.29 is 18.8 Å². The zero-order valence-electron chi connectivity index (χ0n) is 18.6. The molecule has 0 spiro atoms. The van der Waals surface area contributed by atoms with Gasteiger partial charge in [-0.05, 0) is 63.2 Å². The lowest BCUT2D eigenvalue weighted by Gasteiger charge is -2.32. The van der Waals surface area contributed by atoms with Gasteiger partial charge in [-0.1, -0.05) is 49.7 Å². The Morgan fingerprint density at radius 3 is 2.21 bits per heavy atom. The number of ether oxygens (including phenoxy) is 2. The molecule has 2 aromatic rings. The maximum atomic E-state index is 6.47. The number of hydrogen-bond acceptors (Lipinski definition) is 4. The van der Waals surface area contributed by atoms with Crippen molar-refractivity contribution in [2.75, 3.05) is 13.9 Å². The summed E-state index contributed by atoms with van der Waals surface area (Å²) in [5.74, 6) is 0.791. The summed E-state index contributed by atoms with van der Waals surface area (Å²) in [6, 6.07) is 14.5. The van der Waals surface area contributed by atoms with E-state index in [1.54, 1.807) is 7.11 Å². The highest BCUT2D eigenvalue weighted by Crippen LogP contribution is 2.38. The molecular weight excluding hydrogens is 363 g/mol. The first kappa shape index (κ1) is 21.9. The molecule has 0 bridgehead atoms. The molecule has 0 saturated carbocycles. The third-order valence-electron chi connectivity index (χ3n) is 5.99. The van der Waals surface area contributed by atoms with Crippen LogP contribution in [0.15, 0.2) is 42.5 Å². The van der Waals surface area contributed by atoms with E-state index >= 15 is 0 Å². The van der Waals surface area contributed by atoms with Gasteiger partial charge in [0.25, 0.3) is 0 Å². The standard InChI is InChI=1S/C24H33BO4/c1-7-8-12-18-13-11-15-20(19-14-9-10-16-21(19)27-17-26-6)22(18)25-28-23(2,3)24(4,5)29-25/h9-11,13-16H,7-8,12,17H2,1-6H3. The molecule has 29 heavy (non-hydrogen) atoms. The van der Waals surface area contributed by atoms with Crippen LogP contribution in [0.2, 0.25) is 0 Å². The maximum Gasteiger partial charge on any atom is 0.495 e. The number of unbranched alkanes of at least 4 members (excludes halogenated alkanes) is 1. The van der Waals surface area contributed by atoms with Crippen molar-refractivity contribution in [3.05, 3.63) is 48.0 Å². The summed E-state index contributed by atoms with van der Waals surface area (Å²) in [5, 5.41) is 0. The molecular formula is C24H33BO4. The summed E-state index contributed by atoms with van der Waals surface area (Å²) >= 11 is 0. The second-order valence-electron chi connectivity index (χ2n) is 8.62. The molecule has 1 aliphatic rings. The summed E-state index contributed by atoms with van der Waals surface area (Å²) in [7, 11) is 1.21. The molecule has 0 radical (unpaired) electrons. The van der Waals surface area contributed by atoms with E-state index in [9.17, 15) is 0 Å². The Labute approximate surface area is 175 Å². The average Bonchev–Trinajstić information content (AvgIpc) is 2.91. The Kier molecular flexibility index (Phi) is 6.72. The number of methoxy groups -OCH3 is 1. The summed E-state index contributed by atoms with van der Waals surface area (Å²) in [6.45, 7) is 10.8. The van der Waals surface area contributed by atoms with Crippen LogP contribution in [0.1, 0.15) is 53.0 Å². The van der Waals surface area contributed by atoms with Crippen molar-refractivity contribution in [3.63, 3.8) is 0 Å². The van der Waals surface area contributed by atoms with Crippen LogP contribution in [0.25, 0.3) is 11.1 Å². The predicted molar refractivity (Wildman–Crippen MR) is 119 cm³/mol. The fraction of sp³-hybridized carbons (Fsp3) is 0.500. The summed E-state index contributed by atoms with van der Waals surface area (Å²) < 4.78 is 23.9. The Bertz CT molecular complexity index is 815. The van der Waals surface area contributed by atoms with Gasteiger partial charge in [0.1, 0.15) is 5.75 Å². The van der Waals surface area contributed by atoms with Gasteiger partial charge < -0.3 is 18.8 Å². The molecule has 156 valence electrons. The Morgan fingerprint density at radius 1 is 0.897 bits per heavy atom. The van der Waals surface area contributed by atoms with Crippen molar-refractivity contribution >= 4 is 12.6 Å². The molecule has 1 fully saturated rings. The van der Waals surface area contributed by atoms with Gasteiger partial charge in [0.05, 0.1) is 11.2 Å². The SMILES string of the molecule is CCCCc1cccc(-c2ccccc2OCOC)c1B1OC(C)(C)C(C)(C)O1. The van der Waals surface area contributed by atoms with E-state index in [2.05, 4.69) is 58.9 Å². The van der Waals surface area contributed by atoms with Crippen molar-refractivity contribution in [1.29, 1.82) is 0 Å². The Morgan fingerprint density at radius 2 is 1.55 bits per heavy atom. The molecule has 4 nitrogen and oxygen atoms in total. The van der Waals surface area contributed by atoms with Crippen molar-refractivity contribution in [2.24, 2.45) is 0 Å². The van der Waals surface area contributed by atoms with Crippen molar-refractivity contribution in [3.8, 4) is 16.9 Å². The highest BCUT2D eigenvalue weighted by atomic mass is 16.7. The van der Waals surface area contributed by atoms with Gasteiger partial charge in [0, 0.05) is 12.7 Å². The van der Waals surface area contributed by atoms with Crippen LogP contribution in [0.3, 0.4) is 0 Å². The fourth-order valence-electron chi connectivity index (χ4n) is 3.61. The topological polar surface area (TPSA) is 36.9 Å². The lowest BCUT2D eigenvalue weighted by atomic mass is 9.70. The van der Waals surface area contributed by atoms with E-state index in [4.69, 9.17) is 18.8 Å². The highest BCUT2D eigenvalue weighted by molar-refractivity contribution is 6.64.